The minimum atomic E-state index is -3.76. The van der Waals surface area contributed by atoms with Gasteiger partial charge in [0, 0.05) is 17.7 Å². The molecule has 0 aliphatic carbocycles. The van der Waals surface area contributed by atoms with Crippen LogP contribution in [0, 0.1) is 0 Å². The third-order valence-corrected chi connectivity index (χ3v) is 7.56. The maximum Gasteiger partial charge on any atom is 0.322 e. The summed E-state index contributed by atoms with van der Waals surface area (Å²) in [5, 5.41) is 10.4. The Bertz CT molecular complexity index is 1480. The first-order chi connectivity index (χ1) is 17.0. The highest BCUT2D eigenvalue weighted by molar-refractivity contribution is 7.92. The van der Waals surface area contributed by atoms with Gasteiger partial charge in [-0.2, -0.15) is 0 Å². The molecule has 4 aromatic rings. The molecule has 35 heavy (non-hydrogen) atoms. The van der Waals surface area contributed by atoms with E-state index in [0.29, 0.717) is 23.5 Å². The number of para-hydroxylation sites is 1. The van der Waals surface area contributed by atoms with E-state index in [-0.39, 0.29) is 22.4 Å². The number of benzene rings is 3. The number of nitrogens with zero attached hydrogens (tertiary/aromatic N) is 3. The van der Waals surface area contributed by atoms with Gasteiger partial charge in [-0.05, 0) is 66.9 Å². The molecule has 0 radical (unpaired) electrons. The first-order valence-corrected chi connectivity index (χ1v) is 12.4. The van der Waals surface area contributed by atoms with Crippen LogP contribution in [0.1, 0.15) is 22.3 Å². The lowest BCUT2D eigenvalue weighted by Gasteiger charge is -2.30. The highest BCUT2D eigenvalue weighted by atomic mass is 32.2. The molecule has 0 unspecified atom stereocenters. The van der Waals surface area contributed by atoms with Crippen molar-refractivity contribution in [3.8, 4) is 17.2 Å². The van der Waals surface area contributed by atoms with Crippen molar-refractivity contribution in [1.29, 1.82) is 0 Å². The fourth-order valence-corrected chi connectivity index (χ4v) is 5.51. The van der Waals surface area contributed by atoms with E-state index in [1.807, 2.05) is 24.3 Å². The summed E-state index contributed by atoms with van der Waals surface area (Å²) in [6.45, 7) is 0.411. The highest BCUT2D eigenvalue weighted by Gasteiger charge is 2.29. The van der Waals surface area contributed by atoms with Gasteiger partial charge in [-0.1, -0.05) is 29.4 Å². The summed E-state index contributed by atoms with van der Waals surface area (Å²) in [6, 6.07) is 20.3. The van der Waals surface area contributed by atoms with E-state index in [1.165, 1.54) is 28.6 Å². The fourth-order valence-electron chi connectivity index (χ4n) is 3.97. The second-order valence-electron chi connectivity index (χ2n) is 7.93. The van der Waals surface area contributed by atoms with Gasteiger partial charge in [-0.25, -0.2) is 8.42 Å². The van der Waals surface area contributed by atoms with Crippen molar-refractivity contribution in [3.63, 3.8) is 0 Å². The molecule has 3 aromatic carbocycles. The average molecular weight is 491 g/mol. The number of nitrogens with one attached hydrogen (secondary N) is 1. The van der Waals surface area contributed by atoms with Crippen LogP contribution in [0.15, 0.2) is 82.1 Å². The van der Waals surface area contributed by atoms with Crippen LogP contribution in [0.2, 0.25) is 0 Å². The molecule has 1 aliphatic heterocycles. The zero-order chi connectivity index (χ0) is 24.4. The van der Waals surface area contributed by atoms with E-state index in [0.717, 1.165) is 18.4 Å². The maximum atomic E-state index is 13.3. The van der Waals surface area contributed by atoms with Crippen molar-refractivity contribution < 1.29 is 22.4 Å². The second-order valence-corrected chi connectivity index (χ2v) is 9.79. The van der Waals surface area contributed by atoms with E-state index in [2.05, 4.69) is 15.5 Å². The van der Waals surface area contributed by atoms with Gasteiger partial charge in [-0.15, -0.1) is 5.10 Å². The largest absolute Gasteiger partial charge is 0.497 e. The van der Waals surface area contributed by atoms with E-state index in [9.17, 15) is 13.2 Å². The van der Waals surface area contributed by atoms with E-state index >= 15 is 0 Å². The molecule has 0 bridgehead atoms. The number of amides is 1. The van der Waals surface area contributed by atoms with Gasteiger partial charge in [0.25, 0.3) is 15.9 Å². The number of methoxy groups -OCH3 is 1. The van der Waals surface area contributed by atoms with Crippen molar-refractivity contribution in [2.45, 2.75) is 17.7 Å². The van der Waals surface area contributed by atoms with Crippen LogP contribution in [0.25, 0.3) is 11.5 Å². The molecule has 0 saturated heterocycles. The third kappa shape index (κ3) is 4.47. The van der Waals surface area contributed by atoms with Crippen LogP contribution >= 0.6 is 0 Å². The van der Waals surface area contributed by atoms with Crippen molar-refractivity contribution in [3.05, 3.63) is 83.9 Å². The Balaban J connectivity index is 1.31. The Morgan fingerprint density at radius 1 is 1.03 bits per heavy atom. The summed E-state index contributed by atoms with van der Waals surface area (Å²) < 4.78 is 38.7. The van der Waals surface area contributed by atoms with E-state index < -0.39 is 15.9 Å². The minimum absolute atomic E-state index is 0.0746. The molecule has 1 aromatic heterocycles. The number of aromatic nitrogens is 2. The van der Waals surface area contributed by atoms with Gasteiger partial charge in [0.2, 0.25) is 5.89 Å². The van der Waals surface area contributed by atoms with Crippen LogP contribution in [-0.2, 0) is 16.4 Å². The van der Waals surface area contributed by atoms with E-state index in [1.54, 1.807) is 31.4 Å². The van der Waals surface area contributed by atoms with Crippen LogP contribution in [0.4, 0.5) is 11.7 Å². The molecule has 0 spiro atoms. The maximum absolute atomic E-state index is 13.3. The Morgan fingerprint density at radius 3 is 2.63 bits per heavy atom. The van der Waals surface area contributed by atoms with Crippen LogP contribution in [0.5, 0.6) is 5.75 Å². The Labute approximate surface area is 202 Å². The predicted molar refractivity (Wildman–Crippen MR) is 130 cm³/mol. The highest BCUT2D eigenvalue weighted by Crippen LogP contribution is 2.32. The van der Waals surface area contributed by atoms with Gasteiger partial charge in [0.15, 0.2) is 0 Å². The van der Waals surface area contributed by atoms with Gasteiger partial charge >= 0.3 is 6.01 Å². The number of rotatable bonds is 6. The Hall–Kier alpha value is -4.18. The molecule has 0 atom stereocenters. The number of fused-ring (bicyclic) bond motifs is 1. The number of carbonyl (C=O) groups excluding carboxylic acids is 1. The minimum Gasteiger partial charge on any atom is -0.497 e. The molecule has 1 amide bonds. The number of hydrogen-bond acceptors (Lipinski definition) is 7. The average Bonchev–Trinajstić information content (AvgIpc) is 3.37. The normalized spacial score (nSPS) is 13.2. The predicted octanol–water partition coefficient (Wildman–Crippen LogP) is 4.14. The Kier molecular flexibility index (Phi) is 5.96. The van der Waals surface area contributed by atoms with Gasteiger partial charge in [0.05, 0.1) is 17.7 Å². The van der Waals surface area contributed by atoms with Gasteiger partial charge < -0.3 is 9.15 Å². The first kappa shape index (κ1) is 22.6. The lowest BCUT2D eigenvalue weighted by atomic mass is 10.0. The quantitative estimate of drug-likeness (QED) is 0.432. The SMILES string of the molecule is COc1cccc(-c2nnc(NC(=O)c3ccc(S(=O)(=O)N4CCCc5ccccc54)cc3)o2)c1. The number of sulfonamides is 1. The monoisotopic (exact) mass is 490 g/mol. The molecule has 10 heteroatoms. The second kappa shape index (κ2) is 9.22. The van der Waals surface area contributed by atoms with Crippen LogP contribution < -0.4 is 14.4 Å². The van der Waals surface area contributed by atoms with E-state index in [4.69, 9.17) is 9.15 Å². The standard InChI is InChI=1S/C25H22N4O5S/c1-33-20-9-4-7-19(16-20)24-27-28-25(34-24)26-23(30)18-11-13-21(14-12-18)35(31,32)29-15-5-8-17-6-2-3-10-22(17)29/h2-4,6-7,9-14,16H,5,8,15H2,1H3,(H,26,28,30). The number of anilines is 2. The smallest absolute Gasteiger partial charge is 0.322 e. The molecule has 1 aliphatic rings. The van der Waals surface area contributed by atoms with Crippen LogP contribution in [-0.4, -0.2) is 38.2 Å². The summed E-state index contributed by atoms with van der Waals surface area (Å²) >= 11 is 0. The fraction of sp³-hybridized carbons (Fsp3) is 0.160. The lowest BCUT2D eigenvalue weighted by molar-refractivity contribution is 0.102. The zero-order valence-electron chi connectivity index (χ0n) is 18.8. The van der Waals surface area contributed by atoms with Crippen molar-refractivity contribution in [2.75, 3.05) is 23.3 Å². The number of aryl methyl sites for hydroxylation is 1. The molecule has 2 heterocycles. The lowest BCUT2D eigenvalue weighted by Crippen LogP contribution is -2.35. The van der Waals surface area contributed by atoms with Crippen molar-refractivity contribution >= 4 is 27.6 Å². The van der Waals surface area contributed by atoms with Crippen molar-refractivity contribution in [2.24, 2.45) is 0 Å². The first-order valence-electron chi connectivity index (χ1n) is 11.0. The van der Waals surface area contributed by atoms with Gasteiger partial charge in [-0.3, -0.25) is 14.4 Å². The van der Waals surface area contributed by atoms with Gasteiger partial charge in [0.1, 0.15) is 5.75 Å². The number of carbonyl (C=O) groups is 1. The molecule has 1 N–H and O–H groups in total. The summed E-state index contributed by atoms with van der Waals surface area (Å²) in [6.07, 6.45) is 1.59. The zero-order valence-corrected chi connectivity index (χ0v) is 19.7. The van der Waals surface area contributed by atoms with Crippen molar-refractivity contribution in [1.82, 2.24) is 10.2 Å². The van der Waals surface area contributed by atoms with Crippen LogP contribution in [0.3, 0.4) is 0 Å². The molecule has 5 rings (SSSR count). The molecule has 178 valence electrons. The Morgan fingerprint density at radius 2 is 1.83 bits per heavy atom. The number of ether oxygens (including phenoxy) is 1. The number of hydrogen-bond donors (Lipinski definition) is 1. The molecule has 9 nitrogen and oxygen atoms in total. The third-order valence-electron chi connectivity index (χ3n) is 5.73. The molecule has 0 fully saturated rings. The summed E-state index contributed by atoms with van der Waals surface area (Å²) in [4.78, 5) is 12.8. The molecular formula is C25H22N4O5S. The summed E-state index contributed by atoms with van der Waals surface area (Å²) in [7, 11) is -2.20. The summed E-state index contributed by atoms with van der Waals surface area (Å²) in [5.74, 6) is 0.356. The summed E-state index contributed by atoms with van der Waals surface area (Å²) in [5.41, 5.74) is 2.60. The molecule has 0 saturated carbocycles. The molecular weight excluding hydrogens is 468 g/mol. The topological polar surface area (TPSA) is 115 Å².